The Morgan fingerprint density at radius 2 is 2.11 bits per heavy atom. The van der Waals surface area contributed by atoms with Gasteiger partial charge in [-0.2, -0.15) is 0 Å². The van der Waals surface area contributed by atoms with Crippen LogP contribution in [0.15, 0.2) is 47.1 Å². The largest absolute Gasteiger partial charge is 0.457 e. The minimum Gasteiger partial charge on any atom is -0.457 e. The van der Waals surface area contributed by atoms with Crippen LogP contribution >= 0.6 is 11.6 Å². The number of rotatable bonds is 2. The lowest BCUT2D eigenvalue weighted by Crippen LogP contribution is -2.11. The van der Waals surface area contributed by atoms with Gasteiger partial charge in [-0.3, -0.25) is 4.98 Å². The summed E-state index contributed by atoms with van der Waals surface area (Å²) in [6.45, 7) is 1.98. The molecule has 2 aromatic heterocycles. The third kappa shape index (κ3) is 2.23. The molecule has 0 radical (unpaired) electrons. The molecule has 96 valence electrons. The molecular formula is C15H13ClN2O. The van der Waals surface area contributed by atoms with E-state index in [1.807, 2.05) is 31.2 Å². The van der Waals surface area contributed by atoms with Crippen LogP contribution in [-0.4, -0.2) is 4.98 Å². The molecule has 1 atom stereocenters. The number of para-hydroxylation sites is 1. The second-order valence-electron chi connectivity index (χ2n) is 4.58. The zero-order valence-electron chi connectivity index (χ0n) is 10.4. The predicted molar refractivity (Wildman–Crippen MR) is 76.2 cm³/mol. The van der Waals surface area contributed by atoms with Gasteiger partial charge in [0, 0.05) is 17.8 Å². The van der Waals surface area contributed by atoms with E-state index in [1.165, 1.54) is 0 Å². The van der Waals surface area contributed by atoms with Crippen LogP contribution in [0.3, 0.4) is 0 Å². The molecule has 3 nitrogen and oxygen atoms in total. The highest BCUT2D eigenvalue weighted by molar-refractivity contribution is 6.34. The summed E-state index contributed by atoms with van der Waals surface area (Å²) >= 11 is 6.10. The van der Waals surface area contributed by atoms with Crippen LogP contribution in [0.25, 0.3) is 11.0 Å². The van der Waals surface area contributed by atoms with Gasteiger partial charge in [0.1, 0.15) is 5.76 Å². The van der Waals surface area contributed by atoms with Crippen LogP contribution in [-0.2, 0) is 0 Å². The van der Waals surface area contributed by atoms with Gasteiger partial charge in [-0.25, -0.2) is 0 Å². The number of nitrogens with zero attached hydrogens (tertiary/aromatic N) is 1. The number of fused-ring (bicyclic) bond motifs is 1. The lowest BCUT2D eigenvalue weighted by Gasteiger charge is -2.08. The Morgan fingerprint density at radius 1 is 1.26 bits per heavy atom. The first kappa shape index (κ1) is 12.2. The first-order valence-corrected chi connectivity index (χ1v) is 6.38. The highest BCUT2D eigenvalue weighted by Gasteiger charge is 2.15. The highest BCUT2D eigenvalue weighted by atomic mass is 35.5. The van der Waals surface area contributed by atoms with Gasteiger partial charge in [-0.1, -0.05) is 29.8 Å². The summed E-state index contributed by atoms with van der Waals surface area (Å²) in [5.74, 6) is 0.690. The minimum atomic E-state index is -0.337. The van der Waals surface area contributed by atoms with Crippen LogP contribution in [0.5, 0.6) is 0 Å². The molecule has 0 spiro atoms. The fraction of sp³-hybridized carbons (Fsp3) is 0.133. The summed E-state index contributed by atoms with van der Waals surface area (Å²) in [6, 6.07) is 9.24. The summed E-state index contributed by atoms with van der Waals surface area (Å²) in [6.07, 6.45) is 3.55. The minimum absolute atomic E-state index is 0.337. The van der Waals surface area contributed by atoms with Gasteiger partial charge in [0.05, 0.1) is 11.1 Å². The molecule has 0 saturated heterocycles. The number of furan rings is 1. The fourth-order valence-electron chi connectivity index (χ4n) is 2.11. The molecule has 3 aromatic rings. The maximum Gasteiger partial charge on any atom is 0.152 e. The maximum atomic E-state index is 6.22. The zero-order chi connectivity index (χ0) is 13.4. The SMILES string of the molecule is Cc1cncc(C(N)c2cc3cccc(Cl)c3o2)c1. The Hall–Kier alpha value is -1.84. The van der Waals surface area contributed by atoms with E-state index in [1.54, 1.807) is 18.5 Å². The Bertz CT molecular complexity index is 736. The van der Waals surface area contributed by atoms with Crippen molar-refractivity contribution in [1.82, 2.24) is 4.98 Å². The van der Waals surface area contributed by atoms with E-state index < -0.39 is 0 Å². The molecule has 1 aromatic carbocycles. The van der Waals surface area contributed by atoms with Crippen molar-refractivity contribution in [2.45, 2.75) is 13.0 Å². The molecule has 19 heavy (non-hydrogen) atoms. The number of halogens is 1. The molecule has 0 fully saturated rings. The van der Waals surface area contributed by atoms with E-state index >= 15 is 0 Å². The maximum absolute atomic E-state index is 6.22. The van der Waals surface area contributed by atoms with Crippen molar-refractivity contribution < 1.29 is 4.42 Å². The van der Waals surface area contributed by atoms with E-state index in [0.717, 1.165) is 16.5 Å². The molecule has 0 aliphatic rings. The van der Waals surface area contributed by atoms with E-state index in [9.17, 15) is 0 Å². The van der Waals surface area contributed by atoms with Gasteiger partial charge in [0.15, 0.2) is 5.58 Å². The number of pyridine rings is 1. The van der Waals surface area contributed by atoms with Gasteiger partial charge >= 0.3 is 0 Å². The molecule has 0 amide bonds. The van der Waals surface area contributed by atoms with Crippen LogP contribution in [0, 0.1) is 6.92 Å². The molecule has 2 heterocycles. The zero-order valence-corrected chi connectivity index (χ0v) is 11.2. The Balaban J connectivity index is 2.06. The van der Waals surface area contributed by atoms with Crippen molar-refractivity contribution in [3.63, 3.8) is 0 Å². The van der Waals surface area contributed by atoms with E-state index in [2.05, 4.69) is 4.98 Å². The first-order chi connectivity index (χ1) is 9.15. The van der Waals surface area contributed by atoms with Crippen molar-refractivity contribution in [2.75, 3.05) is 0 Å². The second-order valence-corrected chi connectivity index (χ2v) is 4.99. The fourth-order valence-corrected chi connectivity index (χ4v) is 2.33. The van der Waals surface area contributed by atoms with Crippen LogP contribution in [0.4, 0.5) is 0 Å². The van der Waals surface area contributed by atoms with Crippen molar-refractivity contribution in [3.8, 4) is 0 Å². The number of nitrogens with two attached hydrogens (primary N) is 1. The van der Waals surface area contributed by atoms with Gasteiger partial charge in [-0.15, -0.1) is 0 Å². The first-order valence-electron chi connectivity index (χ1n) is 6.00. The molecule has 2 N–H and O–H groups in total. The van der Waals surface area contributed by atoms with Gasteiger partial charge in [-0.05, 0) is 30.2 Å². The average molecular weight is 273 g/mol. The summed E-state index contributed by atoms with van der Waals surface area (Å²) in [5.41, 5.74) is 8.90. The second kappa shape index (κ2) is 4.68. The smallest absolute Gasteiger partial charge is 0.152 e. The van der Waals surface area contributed by atoms with Gasteiger partial charge in [0.2, 0.25) is 0 Å². The molecule has 0 aliphatic carbocycles. The Morgan fingerprint density at radius 3 is 2.84 bits per heavy atom. The van der Waals surface area contributed by atoms with Crippen molar-refractivity contribution in [2.24, 2.45) is 5.73 Å². The molecule has 0 saturated carbocycles. The lowest BCUT2D eigenvalue weighted by atomic mass is 10.1. The van der Waals surface area contributed by atoms with Gasteiger partial charge < -0.3 is 10.2 Å². The average Bonchev–Trinajstić information content (AvgIpc) is 2.83. The summed E-state index contributed by atoms with van der Waals surface area (Å²) in [5, 5.41) is 1.55. The standard InChI is InChI=1S/C15H13ClN2O/c1-9-5-11(8-18-7-9)14(17)13-6-10-3-2-4-12(16)15(10)19-13/h2-8,14H,17H2,1H3. The highest BCUT2D eigenvalue weighted by Crippen LogP contribution is 2.30. The van der Waals surface area contributed by atoms with E-state index in [0.29, 0.717) is 16.4 Å². The monoisotopic (exact) mass is 272 g/mol. The summed E-state index contributed by atoms with van der Waals surface area (Å²) in [4.78, 5) is 4.15. The number of benzene rings is 1. The topological polar surface area (TPSA) is 52.0 Å². The molecule has 3 rings (SSSR count). The summed E-state index contributed by atoms with van der Waals surface area (Å²) < 4.78 is 5.77. The predicted octanol–water partition coefficient (Wildman–Crippen LogP) is 3.84. The van der Waals surface area contributed by atoms with Crippen LogP contribution in [0.1, 0.15) is 22.9 Å². The number of aryl methyl sites for hydroxylation is 1. The van der Waals surface area contributed by atoms with Crippen LogP contribution < -0.4 is 5.73 Å². The van der Waals surface area contributed by atoms with Crippen LogP contribution in [0.2, 0.25) is 5.02 Å². The molecule has 0 aliphatic heterocycles. The Labute approximate surface area is 116 Å². The van der Waals surface area contributed by atoms with Crippen molar-refractivity contribution in [1.29, 1.82) is 0 Å². The number of aromatic nitrogens is 1. The van der Waals surface area contributed by atoms with Gasteiger partial charge in [0.25, 0.3) is 0 Å². The normalized spacial score (nSPS) is 12.8. The third-order valence-corrected chi connectivity index (χ3v) is 3.37. The quantitative estimate of drug-likeness (QED) is 0.771. The summed E-state index contributed by atoms with van der Waals surface area (Å²) in [7, 11) is 0. The molecule has 4 heteroatoms. The number of hydrogen-bond acceptors (Lipinski definition) is 3. The molecule has 0 bridgehead atoms. The third-order valence-electron chi connectivity index (χ3n) is 3.08. The lowest BCUT2D eigenvalue weighted by molar-refractivity contribution is 0.524. The Kier molecular flexibility index (Phi) is 3.01. The van der Waals surface area contributed by atoms with E-state index in [-0.39, 0.29) is 6.04 Å². The van der Waals surface area contributed by atoms with E-state index in [4.69, 9.17) is 21.8 Å². The number of hydrogen-bond donors (Lipinski definition) is 1. The van der Waals surface area contributed by atoms with Crippen molar-refractivity contribution in [3.05, 3.63) is 64.6 Å². The molecular weight excluding hydrogens is 260 g/mol. The van der Waals surface area contributed by atoms with Crippen molar-refractivity contribution >= 4 is 22.6 Å². The molecule has 1 unspecified atom stereocenters.